The van der Waals surface area contributed by atoms with Crippen LogP contribution in [0.15, 0.2) is 29.8 Å². The van der Waals surface area contributed by atoms with E-state index in [-0.39, 0.29) is 5.78 Å². The van der Waals surface area contributed by atoms with E-state index in [4.69, 9.17) is 0 Å². The Morgan fingerprint density at radius 2 is 1.58 bits per heavy atom. The van der Waals surface area contributed by atoms with Crippen molar-refractivity contribution >= 4 is 5.78 Å². The van der Waals surface area contributed by atoms with E-state index in [2.05, 4.69) is 45.9 Å². The number of carbonyl (C=O) groups excluding carboxylic acids is 1. The maximum Gasteiger partial charge on any atom is 0.155 e. The monoisotopic (exact) mass is 330 g/mol. The number of hydrogen-bond donors (Lipinski definition) is 0. The Morgan fingerprint density at radius 3 is 2.04 bits per heavy atom. The van der Waals surface area contributed by atoms with Crippen LogP contribution in [0.4, 0.5) is 0 Å². The lowest BCUT2D eigenvalue weighted by atomic mass is 9.85. The topological polar surface area (TPSA) is 17.1 Å². The largest absolute Gasteiger partial charge is 0.295 e. The van der Waals surface area contributed by atoms with Crippen LogP contribution in [0.3, 0.4) is 0 Å². The van der Waals surface area contributed by atoms with Gasteiger partial charge in [-0.3, -0.25) is 4.79 Å². The molecule has 0 fully saturated rings. The Kier molecular flexibility index (Phi) is 12.2. The Hall–Kier alpha value is -1.37. The van der Waals surface area contributed by atoms with Gasteiger partial charge in [-0.05, 0) is 61.8 Å². The molecule has 0 aromatic heterocycles. The summed E-state index contributed by atoms with van der Waals surface area (Å²) in [4.78, 5) is 12.0. The number of aryl methyl sites for hydroxylation is 2. The number of benzene rings is 1. The molecule has 1 aromatic carbocycles. The van der Waals surface area contributed by atoms with E-state index in [0.29, 0.717) is 12.3 Å². The SMILES string of the molecule is CC.CCCC(CCC)/C(=C\C(=O)CC)Cc1ccc(C)c(C)c1. The van der Waals surface area contributed by atoms with Gasteiger partial charge in [-0.15, -0.1) is 0 Å². The van der Waals surface area contributed by atoms with Crippen molar-refractivity contribution in [3.8, 4) is 0 Å². The van der Waals surface area contributed by atoms with Gasteiger partial charge in [0.1, 0.15) is 0 Å². The molecule has 1 heteroatoms. The van der Waals surface area contributed by atoms with Crippen molar-refractivity contribution in [3.05, 3.63) is 46.5 Å². The van der Waals surface area contributed by atoms with Gasteiger partial charge >= 0.3 is 0 Å². The Morgan fingerprint density at radius 1 is 1.00 bits per heavy atom. The first-order chi connectivity index (χ1) is 11.5. The van der Waals surface area contributed by atoms with Crippen LogP contribution in [0.2, 0.25) is 0 Å². The van der Waals surface area contributed by atoms with Gasteiger partial charge in [-0.2, -0.15) is 0 Å². The van der Waals surface area contributed by atoms with E-state index in [0.717, 1.165) is 6.42 Å². The van der Waals surface area contributed by atoms with Crippen LogP contribution in [-0.4, -0.2) is 5.78 Å². The number of allylic oxidation sites excluding steroid dienone is 2. The normalized spacial score (nSPS) is 11.2. The fourth-order valence-electron chi connectivity index (χ4n) is 2.98. The second kappa shape index (κ2) is 13.0. The maximum atomic E-state index is 12.0. The highest BCUT2D eigenvalue weighted by Crippen LogP contribution is 2.27. The summed E-state index contributed by atoms with van der Waals surface area (Å²) in [5.74, 6) is 0.808. The van der Waals surface area contributed by atoms with Gasteiger partial charge < -0.3 is 0 Å². The van der Waals surface area contributed by atoms with E-state index in [9.17, 15) is 4.79 Å². The summed E-state index contributed by atoms with van der Waals surface area (Å²) in [6.07, 6.45) is 8.16. The number of ketones is 1. The standard InChI is InChI=1S/C21H32O.C2H6/c1-6-9-19(10-7-2)20(15-21(22)8-3)14-18-12-11-16(4)17(5)13-18;1-2/h11-13,15,19H,6-10,14H2,1-5H3;1-2H3/b20-15-;. The second-order valence-electron chi connectivity index (χ2n) is 6.41. The molecule has 0 bridgehead atoms. The third kappa shape index (κ3) is 7.95. The number of hydrogen-bond acceptors (Lipinski definition) is 1. The van der Waals surface area contributed by atoms with Gasteiger partial charge in [0.2, 0.25) is 0 Å². The molecule has 24 heavy (non-hydrogen) atoms. The first-order valence-corrected chi connectivity index (χ1v) is 9.81. The highest BCUT2D eigenvalue weighted by molar-refractivity contribution is 5.90. The van der Waals surface area contributed by atoms with Crippen LogP contribution < -0.4 is 0 Å². The van der Waals surface area contributed by atoms with Crippen LogP contribution in [0.5, 0.6) is 0 Å². The lowest BCUT2D eigenvalue weighted by molar-refractivity contribution is -0.114. The molecule has 0 aliphatic rings. The van der Waals surface area contributed by atoms with Gasteiger partial charge in [0, 0.05) is 6.42 Å². The van der Waals surface area contributed by atoms with E-state index >= 15 is 0 Å². The molecule has 1 rings (SSSR count). The van der Waals surface area contributed by atoms with E-state index in [1.807, 2.05) is 26.8 Å². The minimum Gasteiger partial charge on any atom is -0.295 e. The zero-order chi connectivity index (χ0) is 18.5. The van der Waals surface area contributed by atoms with Gasteiger partial charge in [-0.1, -0.05) is 71.2 Å². The Labute approximate surface area is 150 Å². The van der Waals surface area contributed by atoms with Crippen LogP contribution in [0.25, 0.3) is 0 Å². The van der Waals surface area contributed by atoms with E-state index < -0.39 is 0 Å². The third-order valence-corrected chi connectivity index (χ3v) is 4.47. The molecule has 0 radical (unpaired) electrons. The Balaban J connectivity index is 0.00000254. The number of rotatable bonds is 9. The van der Waals surface area contributed by atoms with Crippen LogP contribution >= 0.6 is 0 Å². The van der Waals surface area contributed by atoms with Crippen molar-refractivity contribution in [2.24, 2.45) is 5.92 Å². The molecule has 0 aliphatic carbocycles. The molecular formula is C23H38O. The van der Waals surface area contributed by atoms with Crippen molar-refractivity contribution in [2.75, 3.05) is 0 Å². The molecule has 0 unspecified atom stereocenters. The summed E-state index contributed by atoms with van der Waals surface area (Å²) in [5, 5.41) is 0. The van der Waals surface area contributed by atoms with Crippen LogP contribution in [-0.2, 0) is 11.2 Å². The molecule has 0 spiro atoms. The lowest BCUT2D eigenvalue weighted by Gasteiger charge is -2.20. The molecule has 1 aromatic rings. The fraction of sp³-hybridized carbons (Fsp3) is 0.609. The molecule has 0 saturated carbocycles. The van der Waals surface area contributed by atoms with Crippen LogP contribution in [0.1, 0.15) is 83.4 Å². The molecule has 0 saturated heterocycles. The number of carbonyl (C=O) groups is 1. The summed E-state index contributed by atoms with van der Waals surface area (Å²) in [7, 11) is 0. The van der Waals surface area contributed by atoms with Crippen molar-refractivity contribution in [1.29, 1.82) is 0 Å². The van der Waals surface area contributed by atoms with Crippen molar-refractivity contribution < 1.29 is 4.79 Å². The first kappa shape index (κ1) is 22.6. The third-order valence-electron chi connectivity index (χ3n) is 4.47. The van der Waals surface area contributed by atoms with E-state index in [1.165, 1.54) is 47.9 Å². The highest BCUT2D eigenvalue weighted by atomic mass is 16.1. The molecule has 0 aliphatic heterocycles. The molecule has 0 N–H and O–H groups in total. The summed E-state index contributed by atoms with van der Waals surface area (Å²) in [6, 6.07) is 6.68. The quantitative estimate of drug-likeness (QED) is 0.446. The molecule has 136 valence electrons. The average molecular weight is 331 g/mol. The van der Waals surface area contributed by atoms with Gasteiger partial charge in [0.05, 0.1) is 0 Å². The lowest BCUT2D eigenvalue weighted by Crippen LogP contribution is -2.09. The summed E-state index contributed by atoms with van der Waals surface area (Å²) < 4.78 is 0. The fourth-order valence-corrected chi connectivity index (χ4v) is 2.98. The molecular weight excluding hydrogens is 292 g/mol. The minimum atomic E-state index is 0.260. The summed E-state index contributed by atoms with van der Waals surface area (Å²) in [6.45, 7) is 14.7. The second-order valence-corrected chi connectivity index (χ2v) is 6.41. The Bertz CT molecular complexity index is 505. The highest BCUT2D eigenvalue weighted by Gasteiger charge is 2.15. The van der Waals surface area contributed by atoms with Gasteiger partial charge in [0.25, 0.3) is 0 Å². The van der Waals surface area contributed by atoms with Crippen molar-refractivity contribution in [3.63, 3.8) is 0 Å². The maximum absolute atomic E-state index is 12.0. The smallest absolute Gasteiger partial charge is 0.155 e. The zero-order valence-corrected chi connectivity index (χ0v) is 17.0. The summed E-state index contributed by atoms with van der Waals surface area (Å²) in [5.41, 5.74) is 5.33. The molecule has 0 heterocycles. The van der Waals surface area contributed by atoms with E-state index in [1.54, 1.807) is 0 Å². The van der Waals surface area contributed by atoms with Crippen molar-refractivity contribution in [1.82, 2.24) is 0 Å². The van der Waals surface area contributed by atoms with Crippen molar-refractivity contribution in [2.45, 2.75) is 87.0 Å². The molecule has 0 atom stereocenters. The summed E-state index contributed by atoms with van der Waals surface area (Å²) >= 11 is 0. The first-order valence-electron chi connectivity index (χ1n) is 9.81. The van der Waals surface area contributed by atoms with Gasteiger partial charge in [-0.25, -0.2) is 0 Å². The minimum absolute atomic E-state index is 0.260. The zero-order valence-electron chi connectivity index (χ0n) is 17.0. The predicted molar refractivity (Wildman–Crippen MR) is 108 cm³/mol. The van der Waals surface area contributed by atoms with Crippen LogP contribution in [0, 0.1) is 19.8 Å². The van der Waals surface area contributed by atoms with Gasteiger partial charge in [0.15, 0.2) is 5.78 Å². The predicted octanol–water partition coefficient (Wildman–Crippen LogP) is 6.99. The molecule has 1 nitrogen and oxygen atoms in total. The average Bonchev–Trinajstić information content (AvgIpc) is 2.59. The molecule has 0 amide bonds.